The lowest BCUT2D eigenvalue weighted by Crippen LogP contribution is -2.35. The molecule has 0 atom stereocenters. The molecule has 0 aromatic heterocycles. The highest BCUT2D eigenvalue weighted by Gasteiger charge is 2.37. The first kappa shape index (κ1) is 17.8. The maximum atomic E-state index is 12.7. The summed E-state index contributed by atoms with van der Waals surface area (Å²) in [7, 11) is 0. The first-order chi connectivity index (χ1) is 11.5. The molecule has 0 aliphatic carbocycles. The number of nitrogens with zero attached hydrogens (tertiary/aromatic N) is 1. The van der Waals surface area contributed by atoms with Gasteiger partial charge < -0.3 is 0 Å². The Morgan fingerprint density at radius 2 is 1.96 bits per heavy atom. The van der Waals surface area contributed by atoms with Crippen molar-refractivity contribution < 1.29 is 9.59 Å². The summed E-state index contributed by atoms with van der Waals surface area (Å²) in [5, 5.41) is 0. The summed E-state index contributed by atoms with van der Waals surface area (Å²) in [5.41, 5.74) is 1.34. The molecule has 2 aromatic carbocycles. The van der Waals surface area contributed by atoms with Gasteiger partial charge in [-0.3, -0.25) is 9.59 Å². The van der Waals surface area contributed by atoms with Gasteiger partial charge in [0.05, 0.1) is 10.5 Å². The fourth-order valence-electron chi connectivity index (χ4n) is 2.15. The Balaban J connectivity index is 1.92. The van der Waals surface area contributed by atoms with Gasteiger partial charge in [-0.1, -0.05) is 64.2 Å². The Labute approximate surface area is 170 Å². The van der Waals surface area contributed by atoms with Crippen LogP contribution in [0.3, 0.4) is 0 Å². The van der Waals surface area contributed by atoms with Gasteiger partial charge in [-0.25, -0.2) is 4.90 Å². The second-order valence-electron chi connectivity index (χ2n) is 4.86. The quantitative estimate of drug-likeness (QED) is 0.235. The van der Waals surface area contributed by atoms with E-state index in [1.807, 2.05) is 36.4 Å². The summed E-state index contributed by atoms with van der Waals surface area (Å²) >= 11 is 11.9. The molecule has 0 unspecified atom stereocenters. The maximum absolute atomic E-state index is 12.7. The average molecular weight is 530 g/mol. The van der Waals surface area contributed by atoms with E-state index in [-0.39, 0.29) is 16.1 Å². The van der Waals surface area contributed by atoms with Gasteiger partial charge in [-0.2, -0.15) is 0 Å². The summed E-state index contributed by atoms with van der Waals surface area (Å²) in [6.07, 6.45) is 1.74. The van der Waals surface area contributed by atoms with E-state index in [4.69, 9.17) is 12.2 Å². The number of hydrogen-bond acceptors (Lipinski definition) is 4. The van der Waals surface area contributed by atoms with E-state index in [0.717, 1.165) is 30.3 Å². The van der Waals surface area contributed by atoms with Crippen molar-refractivity contribution in [3.05, 3.63) is 72.6 Å². The van der Waals surface area contributed by atoms with Gasteiger partial charge in [0.2, 0.25) is 0 Å². The number of hydrogen-bond donors (Lipinski definition) is 0. The first-order valence-corrected chi connectivity index (χ1v) is 9.89. The van der Waals surface area contributed by atoms with E-state index in [0.29, 0.717) is 10.5 Å². The predicted molar refractivity (Wildman–Crippen MR) is 113 cm³/mol. The van der Waals surface area contributed by atoms with Crippen LogP contribution in [0.25, 0.3) is 6.08 Å². The standard InChI is InChI=1S/C17H9BrINO2S2/c18-11-5-3-4-10(8-11)9-14-16(22)20(17(23)24-14)15(21)12-6-1-2-7-13(12)19/h1-9H/b14-9+. The maximum Gasteiger partial charge on any atom is 0.273 e. The average Bonchev–Trinajstić information content (AvgIpc) is 2.81. The summed E-state index contributed by atoms with van der Waals surface area (Å²) in [6, 6.07) is 14.7. The minimum atomic E-state index is -0.389. The van der Waals surface area contributed by atoms with Crippen LogP contribution >= 0.6 is 62.5 Å². The van der Waals surface area contributed by atoms with Gasteiger partial charge in [0.15, 0.2) is 4.32 Å². The van der Waals surface area contributed by atoms with Gasteiger partial charge in [0, 0.05) is 8.04 Å². The molecular weight excluding hydrogens is 521 g/mol. The van der Waals surface area contributed by atoms with Gasteiger partial charge in [-0.15, -0.1) is 0 Å². The van der Waals surface area contributed by atoms with Crippen LogP contribution in [0, 0.1) is 3.57 Å². The smallest absolute Gasteiger partial charge is 0.268 e. The molecule has 0 N–H and O–H groups in total. The Kier molecular flexibility index (Phi) is 5.53. The molecule has 0 radical (unpaired) electrons. The highest BCUT2D eigenvalue weighted by atomic mass is 127. The second-order valence-corrected chi connectivity index (χ2v) is 8.61. The van der Waals surface area contributed by atoms with Crippen LogP contribution in [0.4, 0.5) is 0 Å². The Morgan fingerprint density at radius 1 is 1.21 bits per heavy atom. The fraction of sp³-hybridized carbons (Fsp3) is 0. The molecule has 24 heavy (non-hydrogen) atoms. The first-order valence-electron chi connectivity index (χ1n) is 6.80. The SMILES string of the molecule is O=C1/C(=C\c2cccc(Br)c2)SC(=S)N1C(=O)c1ccccc1I. The molecule has 2 amide bonds. The summed E-state index contributed by atoms with van der Waals surface area (Å²) in [6.45, 7) is 0. The molecule has 1 fully saturated rings. The summed E-state index contributed by atoms with van der Waals surface area (Å²) < 4.78 is 1.96. The van der Waals surface area contributed by atoms with Crippen LogP contribution in [0.2, 0.25) is 0 Å². The lowest BCUT2D eigenvalue weighted by atomic mass is 10.2. The van der Waals surface area contributed by atoms with E-state index < -0.39 is 0 Å². The summed E-state index contributed by atoms with van der Waals surface area (Å²) in [4.78, 5) is 26.9. The molecule has 2 aromatic rings. The van der Waals surface area contributed by atoms with E-state index in [9.17, 15) is 9.59 Å². The van der Waals surface area contributed by atoms with Crippen molar-refractivity contribution >= 4 is 84.7 Å². The molecule has 0 saturated carbocycles. The lowest BCUT2D eigenvalue weighted by Gasteiger charge is -2.13. The normalized spacial score (nSPS) is 16.1. The number of imide groups is 1. The largest absolute Gasteiger partial charge is 0.273 e. The third-order valence-corrected chi connectivity index (χ3v) is 5.98. The van der Waals surface area contributed by atoms with Crippen LogP contribution in [0.5, 0.6) is 0 Å². The second kappa shape index (κ2) is 7.47. The minimum absolute atomic E-state index is 0.255. The van der Waals surface area contributed by atoms with Crippen molar-refractivity contribution in [3.8, 4) is 0 Å². The number of benzene rings is 2. The Morgan fingerprint density at radius 3 is 2.67 bits per heavy atom. The lowest BCUT2D eigenvalue weighted by molar-refractivity contribution is -0.120. The molecule has 3 nitrogen and oxygen atoms in total. The summed E-state index contributed by atoms with van der Waals surface area (Å²) in [5.74, 6) is -0.769. The molecule has 120 valence electrons. The molecule has 3 rings (SSSR count). The zero-order valence-corrected chi connectivity index (χ0v) is 17.4. The van der Waals surface area contributed by atoms with Crippen LogP contribution in [0.1, 0.15) is 15.9 Å². The molecule has 1 aliphatic rings. The highest BCUT2D eigenvalue weighted by molar-refractivity contribution is 14.1. The van der Waals surface area contributed by atoms with E-state index in [1.54, 1.807) is 18.2 Å². The van der Waals surface area contributed by atoms with Crippen LogP contribution < -0.4 is 0 Å². The van der Waals surface area contributed by atoms with E-state index in [2.05, 4.69) is 38.5 Å². The third-order valence-electron chi connectivity index (χ3n) is 3.25. The van der Waals surface area contributed by atoms with Crippen molar-refractivity contribution in [1.29, 1.82) is 0 Å². The van der Waals surface area contributed by atoms with E-state index >= 15 is 0 Å². The highest BCUT2D eigenvalue weighted by Crippen LogP contribution is 2.34. The van der Waals surface area contributed by atoms with Gasteiger partial charge in [0.1, 0.15) is 0 Å². The molecule has 1 saturated heterocycles. The molecular formula is C17H9BrINO2S2. The van der Waals surface area contributed by atoms with Gasteiger partial charge in [0.25, 0.3) is 11.8 Å². The predicted octanol–water partition coefficient (Wildman–Crippen LogP) is 5.10. The van der Waals surface area contributed by atoms with Crippen molar-refractivity contribution in [1.82, 2.24) is 4.90 Å². The Bertz CT molecular complexity index is 898. The number of thiocarbonyl (C=S) groups is 1. The number of thioether (sulfide) groups is 1. The monoisotopic (exact) mass is 529 g/mol. The molecule has 0 bridgehead atoms. The zero-order chi connectivity index (χ0) is 17.3. The van der Waals surface area contributed by atoms with Crippen molar-refractivity contribution in [2.45, 2.75) is 0 Å². The minimum Gasteiger partial charge on any atom is -0.268 e. The molecule has 7 heteroatoms. The molecule has 0 spiro atoms. The van der Waals surface area contributed by atoms with Crippen LogP contribution in [-0.2, 0) is 4.79 Å². The van der Waals surface area contributed by atoms with Crippen molar-refractivity contribution in [2.75, 3.05) is 0 Å². The van der Waals surface area contributed by atoms with Crippen LogP contribution in [-0.4, -0.2) is 21.0 Å². The van der Waals surface area contributed by atoms with E-state index in [1.165, 1.54) is 0 Å². The third kappa shape index (κ3) is 3.63. The number of carbonyl (C=O) groups is 2. The van der Waals surface area contributed by atoms with Crippen LogP contribution in [0.15, 0.2) is 57.9 Å². The fourth-order valence-corrected chi connectivity index (χ4v) is 4.43. The van der Waals surface area contributed by atoms with Crippen molar-refractivity contribution in [2.24, 2.45) is 0 Å². The number of amides is 2. The molecule has 1 heterocycles. The molecule has 1 aliphatic heterocycles. The Hall–Kier alpha value is -1.03. The number of carbonyl (C=O) groups excluding carboxylic acids is 2. The zero-order valence-electron chi connectivity index (χ0n) is 12.0. The van der Waals surface area contributed by atoms with Gasteiger partial charge in [-0.05, 0) is 58.5 Å². The number of rotatable bonds is 2. The van der Waals surface area contributed by atoms with Gasteiger partial charge >= 0.3 is 0 Å². The topological polar surface area (TPSA) is 37.4 Å². The number of halogens is 2. The van der Waals surface area contributed by atoms with Crippen molar-refractivity contribution in [3.63, 3.8) is 0 Å².